The van der Waals surface area contributed by atoms with E-state index in [1.807, 2.05) is 0 Å². The van der Waals surface area contributed by atoms with Crippen molar-refractivity contribution in [3.63, 3.8) is 0 Å². The van der Waals surface area contributed by atoms with E-state index in [2.05, 4.69) is 15.9 Å². The zero-order valence-corrected chi connectivity index (χ0v) is 14.0. The predicted octanol–water partition coefficient (Wildman–Crippen LogP) is 5.55. The Morgan fingerprint density at radius 1 is 1.24 bits per heavy atom. The minimum Gasteiger partial charge on any atom is -0.482 e. The fraction of sp³-hybridized carbons (Fsp3) is 0.133. The van der Waals surface area contributed by atoms with Crippen LogP contribution < -0.4 is 4.74 Å². The molecule has 0 radical (unpaired) electrons. The zero-order valence-electron chi connectivity index (χ0n) is 10.9. The van der Waals surface area contributed by atoms with Gasteiger partial charge in [0.1, 0.15) is 11.6 Å². The number of carbonyl (C=O) groups excluding carboxylic acids is 1. The first-order valence-corrected chi connectivity index (χ1v) is 7.54. The molecule has 0 aliphatic rings. The van der Waals surface area contributed by atoms with Crippen molar-refractivity contribution in [1.82, 2.24) is 0 Å². The van der Waals surface area contributed by atoms with Crippen LogP contribution in [-0.2, 0) is 0 Å². The van der Waals surface area contributed by atoms with E-state index in [1.54, 1.807) is 19.1 Å². The van der Waals surface area contributed by atoms with Gasteiger partial charge in [0.25, 0.3) is 0 Å². The topological polar surface area (TPSA) is 26.3 Å². The molecule has 6 heteroatoms. The van der Waals surface area contributed by atoms with Crippen molar-refractivity contribution in [2.24, 2.45) is 0 Å². The van der Waals surface area contributed by atoms with Crippen LogP contribution >= 0.6 is 39.1 Å². The first kappa shape index (κ1) is 16.3. The number of hydrogen-bond acceptors (Lipinski definition) is 2. The maximum atomic E-state index is 13.4. The highest BCUT2D eigenvalue weighted by Gasteiger charge is 2.20. The fourth-order valence-corrected chi connectivity index (χ4v) is 2.46. The summed E-state index contributed by atoms with van der Waals surface area (Å²) >= 11 is 14.8. The van der Waals surface area contributed by atoms with Crippen molar-refractivity contribution in [2.45, 2.75) is 13.0 Å². The van der Waals surface area contributed by atoms with Gasteiger partial charge in [-0.3, -0.25) is 4.79 Å². The standard InChI is InChI=1S/C15H10BrCl2FO2/c1-8(21-10-3-5-12(16)14(19)7-10)15(20)11-4-2-9(17)6-13(11)18/h2-8H,1H3. The number of ketones is 1. The molecule has 0 N–H and O–H groups in total. The van der Waals surface area contributed by atoms with Crippen LogP contribution in [0.15, 0.2) is 40.9 Å². The molecule has 2 aromatic rings. The third kappa shape index (κ3) is 3.96. The molecular formula is C15H10BrCl2FO2. The zero-order chi connectivity index (χ0) is 15.6. The molecule has 2 aromatic carbocycles. The summed E-state index contributed by atoms with van der Waals surface area (Å²) in [6, 6.07) is 8.89. The SMILES string of the molecule is CC(Oc1ccc(Br)c(F)c1)C(=O)c1ccc(Cl)cc1Cl. The second-order valence-corrected chi connectivity index (χ2v) is 6.02. The Morgan fingerprint density at radius 3 is 2.57 bits per heavy atom. The van der Waals surface area contributed by atoms with E-state index < -0.39 is 11.9 Å². The number of carbonyl (C=O) groups is 1. The molecule has 110 valence electrons. The van der Waals surface area contributed by atoms with Gasteiger partial charge in [-0.15, -0.1) is 0 Å². The molecule has 0 aliphatic carbocycles. The van der Waals surface area contributed by atoms with E-state index in [1.165, 1.54) is 24.3 Å². The molecule has 0 aliphatic heterocycles. The first-order valence-electron chi connectivity index (χ1n) is 5.99. The molecule has 21 heavy (non-hydrogen) atoms. The number of Topliss-reactive ketones (excluding diaryl/α,β-unsaturated/α-hetero) is 1. The molecule has 0 bridgehead atoms. The van der Waals surface area contributed by atoms with Crippen molar-refractivity contribution in [1.29, 1.82) is 0 Å². The second kappa shape index (κ2) is 6.77. The molecule has 0 amide bonds. The monoisotopic (exact) mass is 390 g/mol. The number of halogens is 4. The Morgan fingerprint density at radius 2 is 1.95 bits per heavy atom. The summed E-state index contributed by atoms with van der Waals surface area (Å²) in [7, 11) is 0. The van der Waals surface area contributed by atoms with Gasteiger partial charge >= 0.3 is 0 Å². The Hall–Kier alpha value is -1.10. The van der Waals surface area contributed by atoms with Gasteiger partial charge in [0.05, 0.1) is 9.50 Å². The molecule has 0 saturated heterocycles. The Balaban J connectivity index is 2.17. The lowest BCUT2D eigenvalue weighted by atomic mass is 10.1. The van der Waals surface area contributed by atoms with Crippen molar-refractivity contribution in [2.75, 3.05) is 0 Å². The first-order chi connectivity index (χ1) is 9.88. The summed E-state index contributed by atoms with van der Waals surface area (Å²) in [4.78, 5) is 12.3. The van der Waals surface area contributed by atoms with Crippen LogP contribution in [-0.4, -0.2) is 11.9 Å². The summed E-state index contributed by atoms with van der Waals surface area (Å²) < 4.78 is 19.2. The third-order valence-electron chi connectivity index (χ3n) is 2.77. The van der Waals surface area contributed by atoms with Crippen LogP contribution in [0.1, 0.15) is 17.3 Å². The number of ether oxygens (including phenoxy) is 1. The van der Waals surface area contributed by atoms with E-state index in [4.69, 9.17) is 27.9 Å². The molecule has 0 aromatic heterocycles. The van der Waals surface area contributed by atoms with Gasteiger partial charge in [0.15, 0.2) is 6.10 Å². The maximum Gasteiger partial charge on any atom is 0.204 e. The maximum absolute atomic E-state index is 13.4. The lowest BCUT2D eigenvalue weighted by Gasteiger charge is -2.15. The predicted molar refractivity (Wildman–Crippen MR) is 85.0 cm³/mol. The lowest BCUT2D eigenvalue weighted by molar-refractivity contribution is 0.0817. The van der Waals surface area contributed by atoms with Crippen LogP contribution in [0, 0.1) is 5.82 Å². The number of hydrogen-bond donors (Lipinski definition) is 0. The summed E-state index contributed by atoms with van der Waals surface area (Å²) in [5.41, 5.74) is 0.311. The Bertz CT molecular complexity index is 691. The molecule has 1 atom stereocenters. The largest absolute Gasteiger partial charge is 0.482 e. The number of benzene rings is 2. The average Bonchev–Trinajstić information content (AvgIpc) is 2.42. The van der Waals surface area contributed by atoms with Crippen molar-refractivity contribution in [3.8, 4) is 5.75 Å². The highest BCUT2D eigenvalue weighted by atomic mass is 79.9. The quantitative estimate of drug-likeness (QED) is 0.639. The molecule has 0 spiro atoms. The average molecular weight is 392 g/mol. The van der Waals surface area contributed by atoms with Gasteiger partial charge in [-0.25, -0.2) is 4.39 Å². The smallest absolute Gasteiger partial charge is 0.204 e. The highest BCUT2D eigenvalue weighted by Crippen LogP contribution is 2.25. The lowest BCUT2D eigenvalue weighted by Crippen LogP contribution is -2.24. The second-order valence-electron chi connectivity index (χ2n) is 4.32. The Labute approximate surface area is 139 Å². The Kier molecular flexibility index (Phi) is 5.25. The third-order valence-corrected chi connectivity index (χ3v) is 3.96. The van der Waals surface area contributed by atoms with Crippen LogP contribution in [0.5, 0.6) is 5.75 Å². The summed E-state index contributed by atoms with van der Waals surface area (Å²) in [6.45, 7) is 1.58. The normalized spacial score (nSPS) is 12.0. The highest BCUT2D eigenvalue weighted by molar-refractivity contribution is 9.10. The minimum absolute atomic E-state index is 0.255. The van der Waals surface area contributed by atoms with Crippen molar-refractivity contribution < 1.29 is 13.9 Å². The summed E-state index contributed by atoms with van der Waals surface area (Å²) in [5, 5.41) is 0.699. The van der Waals surface area contributed by atoms with E-state index in [9.17, 15) is 9.18 Å². The van der Waals surface area contributed by atoms with Gasteiger partial charge in [-0.2, -0.15) is 0 Å². The van der Waals surface area contributed by atoms with E-state index >= 15 is 0 Å². The van der Waals surface area contributed by atoms with E-state index in [0.717, 1.165) is 0 Å². The van der Waals surface area contributed by atoms with E-state index in [0.29, 0.717) is 15.1 Å². The van der Waals surface area contributed by atoms with Crippen molar-refractivity contribution >= 4 is 44.9 Å². The van der Waals surface area contributed by atoms with Gasteiger partial charge < -0.3 is 4.74 Å². The van der Waals surface area contributed by atoms with Crippen molar-refractivity contribution in [3.05, 3.63) is 62.3 Å². The van der Waals surface area contributed by atoms with Gasteiger partial charge in [0, 0.05) is 16.7 Å². The molecular weight excluding hydrogens is 382 g/mol. The summed E-state index contributed by atoms with van der Waals surface area (Å²) in [6.07, 6.45) is -0.802. The van der Waals surface area contributed by atoms with Gasteiger partial charge in [0.2, 0.25) is 5.78 Å². The van der Waals surface area contributed by atoms with Crippen LogP contribution in [0.2, 0.25) is 10.0 Å². The molecule has 0 fully saturated rings. The molecule has 2 rings (SSSR count). The van der Waals surface area contributed by atoms with Gasteiger partial charge in [-0.05, 0) is 53.2 Å². The minimum atomic E-state index is -0.802. The van der Waals surface area contributed by atoms with Crippen LogP contribution in [0.25, 0.3) is 0 Å². The van der Waals surface area contributed by atoms with Crippen LogP contribution in [0.4, 0.5) is 4.39 Å². The van der Waals surface area contributed by atoms with Crippen LogP contribution in [0.3, 0.4) is 0 Å². The van der Waals surface area contributed by atoms with E-state index in [-0.39, 0.29) is 16.6 Å². The molecule has 2 nitrogen and oxygen atoms in total. The number of rotatable bonds is 4. The fourth-order valence-electron chi connectivity index (χ4n) is 1.72. The summed E-state index contributed by atoms with van der Waals surface area (Å²) in [5.74, 6) is -0.502. The molecule has 0 heterocycles. The van der Waals surface area contributed by atoms with Gasteiger partial charge in [-0.1, -0.05) is 23.2 Å². The molecule has 0 saturated carbocycles. The molecule has 1 unspecified atom stereocenters.